The highest BCUT2D eigenvalue weighted by atomic mass is 16.5. The Labute approximate surface area is 158 Å². The molecule has 0 saturated carbocycles. The first-order valence-electron chi connectivity index (χ1n) is 9.22. The van der Waals surface area contributed by atoms with Gasteiger partial charge in [0.15, 0.2) is 0 Å². The Morgan fingerprint density at radius 1 is 1.22 bits per heavy atom. The SMILES string of the molecule is COc1ccc(C(=O)N2[C@H]3CC[C@@H]2[C@](Cc2ccccc2)(C(N)=O)C3)cn1. The lowest BCUT2D eigenvalue weighted by Crippen LogP contribution is -2.49. The van der Waals surface area contributed by atoms with Crippen LogP contribution < -0.4 is 10.5 Å². The largest absolute Gasteiger partial charge is 0.481 e. The summed E-state index contributed by atoms with van der Waals surface area (Å²) in [6.45, 7) is 0. The number of benzene rings is 1. The summed E-state index contributed by atoms with van der Waals surface area (Å²) < 4.78 is 5.06. The topological polar surface area (TPSA) is 85.5 Å². The van der Waals surface area contributed by atoms with Crippen LogP contribution in [0.5, 0.6) is 5.88 Å². The highest BCUT2D eigenvalue weighted by Gasteiger charge is 2.60. The summed E-state index contributed by atoms with van der Waals surface area (Å²) in [5.41, 5.74) is 6.77. The van der Waals surface area contributed by atoms with Gasteiger partial charge in [-0.3, -0.25) is 9.59 Å². The summed E-state index contributed by atoms with van der Waals surface area (Å²) in [5, 5.41) is 0. The number of hydrogen-bond acceptors (Lipinski definition) is 4. The van der Waals surface area contributed by atoms with Gasteiger partial charge in [0.2, 0.25) is 11.8 Å². The molecule has 27 heavy (non-hydrogen) atoms. The van der Waals surface area contributed by atoms with Gasteiger partial charge in [-0.15, -0.1) is 0 Å². The summed E-state index contributed by atoms with van der Waals surface area (Å²) in [4.78, 5) is 31.7. The Balaban J connectivity index is 1.64. The smallest absolute Gasteiger partial charge is 0.255 e. The summed E-state index contributed by atoms with van der Waals surface area (Å²) in [5.74, 6) is 0.0598. The molecule has 2 aromatic rings. The highest BCUT2D eigenvalue weighted by Crippen LogP contribution is 2.51. The summed E-state index contributed by atoms with van der Waals surface area (Å²) in [6.07, 6.45) is 4.42. The van der Waals surface area contributed by atoms with Gasteiger partial charge in [-0.25, -0.2) is 4.98 Å². The van der Waals surface area contributed by atoms with Crippen LogP contribution >= 0.6 is 0 Å². The van der Waals surface area contributed by atoms with Crippen molar-refractivity contribution < 1.29 is 14.3 Å². The van der Waals surface area contributed by atoms with E-state index in [9.17, 15) is 9.59 Å². The number of hydrogen-bond donors (Lipinski definition) is 1. The molecule has 2 aliphatic rings. The van der Waals surface area contributed by atoms with Gasteiger partial charge in [-0.2, -0.15) is 0 Å². The van der Waals surface area contributed by atoms with E-state index in [2.05, 4.69) is 4.98 Å². The molecule has 2 aliphatic heterocycles. The number of ether oxygens (including phenoxy) is 1. The average Bonchev–Trinajstić information content (AvgIpc) is 3.24. The van der Waals surface area contributed by atoms with Crippen molar-refractivity contribution in [2.24, 2.45) is 11.1 Å². The summed E-state index contributed by atoms with van der Waals surface area (Å²) in [7, 11) is 1.54. The predicted molar refractivity (Wildman–Crippen MR) is 100 cm³/mol. The minimum absolute atomic E-state index is 0.0424. The third kappa shape index (κ3) is 2.85. The van der Waals surface area contributed by atoms with E-state index < -0.39 is 5.41 Å². The fraction of sp³-hybridized carbons (Fsp3) is 0.381. The van der Waals surface area contributed by atoms with Crippen molar-refractivity contribution in [3.05, 3.63) is 59.8 Å². The van der Waals surface area contributed by atoms with Crippen LogP contribution in [0.4, 0.5) is 0 Å². The molecular formula is C21H23N3O3. The minimum Gasteiger partial charge on any atom is -0.481 e. The Kier molecular flexibility index (Phi) is 4.34. The van der Waals surface area contributed by atoms with Crippen molar-refractivity contribution in [1.82, 2.24) is 9.88 Å². The quantitative estimate of drug-likeness (QED) is 0.880. The molecule has 0 aliphatic carbocycles. The van der Waals surface area contributed by atoms with Crippen LogP contribution in [0.25, 0.3) is 0 Å². The van der Waals surface area contributed by atoms with Crippen molar-refractivity contribution in [2.75, 3.05) is 7.11 Å². The number of amides is 2. The number of fused-ring (bicyclic) bond motifs is 2. The van der Waals surface area contributed by atoms with Gasteiger partial charge >= 0.3 is 0 Å². The molecule has 0 radical (unpaired) electrons. The van der Waals surface area contributed by atoms with Crippen molar-refractivity contribution >= 4 is 11.8 Å². The molecular weight excluding hydrogens is 342 g/mol. The first-order valence-corrected chi connectivity index (χ1v) is 9.22. The first-order chi connectivity index (χ1) is 13.0. The lowest BCUT2D eigenvalue weighted by atomic mass is 9.69. The van der Waals surface area contributed by atoms with Crippen molar-refractivity contribution in [3.8, 4) is 5.88 Å². The molecule has 6 nitrogen and oxygen atoms in total. The molecule has 2 saturated heterocycles. The monoisotopic (exact) mass is 365 g/mol. The van der Waals surface area contributed by atoms with Crippen molar-refractivity contribution in [3.63, 3.8) is 0 Å². The Morgan fingerprint density at radius 3 is 2.63 bits per heavy atom. The number of carbonyl (C=O) groups is 2. The van der Waals surface area contributed by atoms with Crippen LogP contribution in [-0.2, 0) is 11.2 Å². The zero-order chi connectivity index (χ0) is 19.0. The number of nitrogens with zero attached hydrogens (tertiary/aromatic N) is 2. The van der Waals surface area contributed by atoms with Gasteiger partial charge in [0.25, 0.3) is 5.91 Å². The molecule has 2 bridgehead atoms. The van der Waals surface area contributed by atoms with E-state index in [1.165, 1.54) is 13.3 Å². The van der Waals surface area contributed by atoms with E-state index in [1.807, 2.05) is 35.2 Å². The van der Waals surface area contributed by atoms with Gasteiger partial charge in [0.1, 0.15) is 0 Å². The second-order valence-electron chi connectivity index (χ2n) is 7.44. The van der Waals surface area contributed by atoms with E-state index in [4.69, 9.17) is 10.5 Å². The Hall–Kier alpha value is -2.89. The van der Waals surface area contributed by atoms with Crippen LogP contribution in [0.3, 0.4) is 0 Å². The van der Waals surface area contributed by atoms with Gasteiger partial charge in [0, 0.05) is 24.3 Å². The molecule has 0 unspecified atom stereocenters. The van der Waals surface area contributed by atoms with Crippen molar-refractivity contribution in [2.45, 2.75) is 37.8 Å². The molecule has 0 spiro atoms. The fourth-order valence-electron chi connectivity index (χ4n) is 4.77. The number of methoxy groups -OCH3 is 1. The van der Waals surface area contributed by atoms with E-state index in [-0.39, 0.29) is 23.9 Å². The molecule has 140 valence electrons. The zero-order valence-corrected chi connectivity index (χ0v) is 15.3. The standard InChI is InChI=1S/C21H23N3O3/c1-27-18-10-7-15(13-23-18)19(25)24-16-8-9-17(24)21(12-16,20(22)26)11-14-5-3-2-4-6-14/h2-7,10,13,16-17H,8-9,11-12H2,1H3,(H2,22,26)/t16-,17+,21+/m0/s1. The molecule has 4 rings (SSSR count). The average molecular weight is 365 g/mol. The maximum atomic E-state index is 13.2. The summed E-state index contributed by atoms with van der Waals surface area (Å²) >= 11 is 0. The molecule has 3 atom stereocenters. The maximum Gasteiger partial charge on any atom is 0.255 e. The number of carbonyl (C=O) groups excluding carboxylic acids is 2. The predicted octanol–water partition coefficient (Wildman–Crippen LogP) is 2.18. The Morgan fingerprint density at radius 2 is 2.00 bits per heavy atom. The van der Waals surface area contributed by atoms with Crippen LogP contribution in [0.15, 0.2) is 48.7 Å². The van der Waals surface area contributed by atoms with E-state index in [1.54, 1.807) is 12.1 Å². The summed E-state index contributed by atoms with van der Waals surface area (Å²) in [6, 6.07) is 13.2. The Bertz CT molecular complexity index is 853. The number of rotatable bonds is 5. The van der Waals surface area contributed by atoms with Gasteiger partial charge in [-0.1, -0.05) is 30.3 Å². The second kappa shape index (κ2) is 6.68. The van der Waals surface area contributed by atoms with Crippen LogP contribution in [0.2, 0.25) is 0 Å². The highest BCUT2D eigenvalue weighted by molar-refractivity contribution is 5.96. The first kappa shape index (κ1) is 17.5. The molecule has 1 aromatic carbocycles. The number of nitrogens with two attached hydrogens (primary N) is 1. The van der Waals surface area contributed by atoms with Gasteiger partial charge in [-0.05, 0) is 37.3 Å². The lowest BCUT2D eigenvalue weighted by molar-refractivity contribution is -0.129. The number of aromatic nitrogens is 1. The third-order valence-corrected chi connectivity index (χ3v) is 6.02. The van der Waals surface area contributed by atoms with Crippen LogP contribution in [0.1, 0.15) is 35.2 Å². The number of primary amides is 1. The lowest BCUT2D eigenvalue weighted by Gasteiger charge is -2.34. The second-order valence-corrected chi connectivity index (χ2v) is 7.44. The van der Waals surface area contributed by atoms with Gasteiger partial charge in [0.05, 0.1) is 18.1 Å². The zero-order valence-electron chi connectivity index (χ0n) is 15.3. The van der Waals surface area contributed by atoms with E-state index >= 15 is 0 Å². The molecule has 2 amide bonds. The normalized spacial score (nSPS) is 26.2. The fourth-order valence-corrected chi connectivity index (χ4v) is 4.77. The van der Waals surface area contributed by atoms with Gasteiger partial charge < -0.3 is 15.4 Å². The third-order valence-electron chi connectivity index (χ3n) is 6.02. The molecule has 2 fully saturated rings. The molecule has 1 aromatic heterocycles. The molecule has 2 N–H and O–H groups in total. The van der Waals surface area contributed by atoms with E-state index in [0.717, 1.165) is 18.4 Å². The van der Waals surface area contributed by atoms with Crippen LogP contribution in [-0.4, -0.2) is 40.9 Å². The molecule has 6 heteroatoms. The van der Waals surface area contributed by atoms with Crippen molar-refractivity contribution in [1.29, 1.82) is 0 Å². The molecule has 3 heterocycles. The maximum absolute atomic E-state index is 13.2. The van der Waals surface area contributed by atoms with Crippen LogP contribution in [0, 0.1) is 5.41 Å². The number of pyridine rings is 1. The minimum atomic E-state index is -0.709. The van der Waals surface area contributed by atoms with E-state index in [0.29, 0.717) is 24.3 Å².